The molecule has 0 saturated carbocycles. The molecule has 1 amide bonds. The van der Waals surface area contributed by atoms with E-state index >= 15 is 0 Å². The lowest BCUT2D eigenvalue weighted by Crippen LogP contribution is -2.25. The molecule has 0 bridgehead atoms. The van der Waals surface area contributed by atoms with Gasteiger partial charge in [-0.25, -0.2) is 0 Å². The molecule has 1 heterocycles. The molecule has 1 aliphatic heterocycles. The zero-order valence-electron chi connectivity index (χ0n) is 11.3. The SMILES string of the molecule is Cc1c(Cl)cccc1C(Br)c1ccc2c(c1)NC(=O)CO2. The summed E-state index contributed by atoms with van der Waals surface area (Å²) >= 11 is 9.89. The number of ether oxygens (including phenoxy) is 1. The van der Waals surface area contributed by atoms with Gasteiger partial charge in [0.2, 0.25) is 0 Å². The maximum Gasteiger partial charge on any atom is 0.262 e. The molecule has 1 atom stereocenters. The van der Waals surface area contributed by atoms with Gasteiger partial charge < -0.3 is 10.1 Å². The summed E-state index contributed by atoms with van der Waals surface area (Å²) in [7, 11) is 0. The first-order valence-corrected chi connectivity index (χ1v) is 7.81. The van der Waals surface area contributed by atoms with E-state index < -0.39 is 0 Å². The van der Waals surface area contributed by atoms with Gasteiger partial charge in [-0.3, -0.25) is 4.79 Å². The van der Waals surface area contributed by atoms with Crippen LogP contribution >= 0.6 is 27.5 Å². The van der Waals surface area contributed by atoms with Gasteiger partial charge in [-0.05, 0) is 41.8 Å². The van der Waals surface area contributed by atoms with Gasteiger partial charge in [-0.1, -0.05) is 45.7 Å². The lowest BCUT2D eigenvalue weighted by molar-refractivity contribution is -0.118. The molecular formula is C16H13BrClNO2. The molecule has 0 spiro atoms. The van der Waals surface area contributed by atoms with Crippen molar-refractivity contribution in [1.82, 2.24) is 0 Å². The Labute approximate surface area is 136 Å². The van der Waals surface area contributed by atoms with Crippen molar-refractivity contribution in [1.29, 1.82) is 0 Å². The van der Waals surface area contributed by atoms with Crippen LogP contribution in [-0.4, -0.2) is 12.5 Å². The molecule has 0 radical (unpaired) electrons. The van der Waals surface area contributed by atoms with Crippen LogP contribution in [0.15, 0.2) is 36.4 Å². The summed E-state index contributed by atoms with van der Waals surface area (Å²) in [5.41, 5.74) is 3.88. The quantitative estimate of drug-likeness (QED) is 0.797. The first kappa shape index (κ1) is 14.4. The van der Waals surface area contributed by atoms with Gasteiger partial charge in [0.1, 0.15) is 5.75 Å². The number of fused-ring (bicyclic) bond motifs is 1. The van der Waals surface area contributed by atoms with E-state index in [2.05, 4.69) is 21.2 Å². The number of hydrogen-bond donors (Lipinski definition) is 1. The molecule has 5 heteroatoms. The Hall–Kier alpha value is -1.52. The van der Waals surface area contributed by atoms with Crippen molar-refractivity contribution in [2.24, 2.45) is 0 Å². The fourth-order valence-corrected chi connectivity index (χ4v) is 3.30. The summed E-state index contributed by atoms with van der Waals surface area (Å²) in [4.78, 5) is 11.4. The van der Waals surface area contributed by atoms with Gasteiger partial charge in [0.25, 0.3) is 5.91 Å². The van der Waals surface area contributed by atoms with E-state index in [1.54, 1.807) is 0 Å². The second-order valence-corrected chi connectivity index (χ2v) is 6.23. The minimum atomic E-state index is -0.135. The zero-order chi connectivity index (χ0) is 15.0. The number of nitrogens with one attached hydrogen (secondary N) is 1. The Kier molecular flexibility index (Phi) is 3.91. The van der Waals surface area contributed by atoms with Crippen LogP contribution < -0.4 is 10.1 Å². The Morgan fingerprint density at radius 1 is 1.33 bits per heavy atom. The van der Waals surface area contributed by atoms with Gasteiger partial charge in [0.05, 0.1) is 10.5 Å². The largest absolute Gasteiger partial charge is 0.482 e. The maximum absolute atomic E-state index is 11.4. The molecule has 108 valence electrons. The topological polar surface area (TPSA) is 38.3 Å². The van der Waals surface area contributed by atoms with Crippen molar-refractivity contribution in [3.8, 4) is 5.75 Å². The molecule has 21 heavy (non-hydrogen) atoms. The lowest BCUT2D eigenvalue weighted by atomic mass is 9.99. The van der Waals surface area contributed by atoms with E-state index in [4.69, 9.17) is 16.3 Å². The van der Waals surface area contributed by atoms with E-state index in [1.165, 1.54) is 0 Å². The van der Waals surface area contributed by atoms with Crippen molar-refractivity contribution in [3.05, 3.63) is 58.1 Å². The van der Waals surface area contributed by atoms with E-state index in [9.17, 15) is 4.79 Å². The van der Waals surface area contributed by atoms with Crippen molar-refractivity contribution < 1.29 is 9.53 Å². The van der Waals surface area contributed by atoms with E-state index in [1.807, 2.05) is 43.3 Å². The van der Waals surface area contributed by atoms with Gasteiger partial charge in [-0.15, -0.1) is 0 Å². The van der Waals surface area contributed by atoms with Crippen molar-refractivity contribution in [3.63, 3.8) is 0 Å². The molecule has 0 aliphatic carbocycles. The molecule has 0 fully saturated rings. The predicted molar refractivity (Wildman–Crippen MR) is 87.5 cm³/mol. The summed E-state index contributed by atoms with van der Waals surface area (Å²) in [5.74, 6) is 0.561. The number of rotatable bonds is 2. The number of anilines is 1. The predicted octanol–water partition coefficient (Wildman–Crippen LogP) is 4.46. The molecule has 3 rings (SSSR count). The molecule has 2 aromatic carbocycles. The summed E-state index contributed by atoms with van der Waals surface area (Å²) in [5, 5.41) is 3.56. The second-order valence-electron chi connectivity index (χ2n) is 4.91. The minimum Gasteiger partial charge on any atom is -0.482 e. The normalized spacial score (nSPS) is 14.9. The van der Waals surface area contributed by atoms with Crippen molar-refractivity contribution >= 4 is 39.1 Å². The molecule has 0 saturated heterocycles. The highest BCUT2D eigenvalue weighted by Gasteiger charge is 2.19. The fourth-order valence-electron chi connectivity index (χ4n) is 2.34. The number of carbonyl (C=O) groups excluding carboxylic acids is 1. The first-order valence-electron chi connectivity index (χ1n) is 6.52. The monoisotopic (exact) mass is 365 g/mol. The molecule has 1 N–H and O–H groups in total. The molecule has 1 aliphatic rings. The number of hydrogen-bond acceptors (Lipinski definition) is 2. The zero-order valence-corrected chi connectivity index (χ0v) is 13.7. The van der Waals surface area contributed by atoms with E-state index in [0.29, 0.717) is 11.4 Å². The van der Waals surface area contributed by atoms with Crippen LogP contribution in [0.1, 0.15) is 21.5 Å². The van der Waals surface area contributed by atoms with Gasteiger partial charge in [-0.2, -0.15) is 0 Å². The van der Waals surface area contributed by atoms with Crippen LogP contribution in [0.4, 0.5) is 5.69 Å². The van der Waals surface area contributed by atoms with Gasteiger partial charge >= 0.3 is 0 Å². The van der Waals surface area contributed by atoms with E-state index in [-0.39, 0.29) is 17.3 Å². The molecule has 3 nitrogen and oxygen atoms in total. The average Bonchev–Trinajstić information content (AvgIpc) is 2.48. The number of carbonyl (C=O) groups is 1. The van der Waals surface area contributed by atoms with Crippen LogP contribution in [0.25, 0.3) is 0 Å². The standard InChI is InChI=1S/C16H13BrClNO2/c1-9-11(3-2-4-12(9)18)16(17)10-5-6-14-13(7-10)19-15(20)8-21-14/h2-7,16H,8H2,1H3,(H,19,20). The summed E-state index contributed by atoms with van der Waals surface area (Å²) in [6.45, 7) is 2.06. The highest BCUT2D eigenvalue weighted by molar-refractivity contribution is 9.09. The smallest absolute Gasteiger partial charge is 0.262 e. The van der Waals surface area contributed by atoms with Crippen LogP contribution in [0.2, 0.25) is 5.02 Å². The Bertz CT molecular complexity index is 717. The number of halogens is 2. The number of alkyl halides is 1. The van der Waals surface area contributed by atoms with Crippen molar-refractivity contribution in [2.45, 2.75) is 11.8 Å². The highest BCUT2D eigenvalue weighted by Crippen LogP contribution is 2.38. The second kappa shape index (κ2) is 5.70. The molecule has 0 aromatic heterocycles. The van der Waals surface area contributed by atoms with Gasteiger partial charge in [0, 0.05) is 5.02 Å². The summed E-state index contributed by atoms with van der Waals surface area (Å²) in [6.07, 6.45) is 0. The maximum atomic E-state index is 11.4. The fraction of sp³-hybridized carbons (Fsp3) is 0.188. The third kappa shape index (κ3) is 2.78. The third-order valence-electron chi connectivity index (χ3n) is 3.51. The average molecular weight is 367 g/mol. The molecule has 2 aromatic rings. The minimum absolute atomic E-state index is 0.000304. The third-order valence-corrected chi connectivity index (χ3v) is 4.94. The highest BCUT2D eigenvalue weighted by atomic mass is 79.9. The van der Waals surface area contributed by atoms with Crippen LogP contribution in [-0.2, 0) is 4.79 Å². The van der Waals surface area contributed by atoms with Crippen LogP contribution in [0, 0.1) is 6.92 Å². The summed E-state index contributed by atoms with van der Waals surface area (Å²) < 4.78 is 5.37. The molecule has 1 unspecified atom stereocenters. The Morgan fingerprint density at radius 2 is 2.14 bits per heavy atom. The molecular weight excluding hydrogens is 354 g/mol. The van der Waals surface area contributed by atoms with Crippen LogP contribution in [0.3, 0.4) is 0 Å². The Morgan fingerprint density at radius 3 is 2.95 bits per heavy atom. The Balaban J connectivity index is 1.98. The number of benzene rings is 2. The first-order chi connectivity index (χ1) is 10.1. The van der Waals surface area contributed by atoms with Crippen LogP contribution in [0.5, 0.6) is 5.75 Å². The summed E-state index contributed by atoms with van der Waals surface area (Å²) in [6, 6.07) is 11.6. The lowest BCUT2D eigenvalue weighted by Gasteiger charge is -2.20. The van der Waals surface area contributed by atoms with E-state index in [0.717, 1.165) is 21.7 Å². The van der Waals surface area contributed by atoms with Gasteiger partial charge in [0.15, 0.2) is 6.61 Å². The number of amides is 1. The van der Waals surface area contributed by atoms with Crippen molar-refractivity contribution in [2.75, 3.05) is 11.9 Å².